The minimum atomic E-state index is -0.422. The highest BCUT2D eigenvalue weighted by Gasteiger charge is 2.05. The number of aliphatic imine (C=N–C) groups is 1. The first kappa shape index (κ1) is 14.1. The van der Waals surface area contributed by atoms with E-state index >= 15 is 0 Å². The summed E-state index contributed by atoms with van der Waals surface area (Å²) >= 11 is 1.43. The zero-order chi connectivity index (χ0) is 15.4. The molecule has 2 aromatic carbocycles. The van der Waals surface area contributed by atoms with Crippen molar-refractivity contribution < 1.29 is 4.92 Å². The lowest BCUT2D eigenvalue weighted by Crippen LogP contribution is -1.89. The topological polar surface area (TPSA) is 68.4 Å². The van der Waals surface area contributed by atoms with Gasteiger partial charge in [0, 0.05) is 29.3 Å². The Balaban J connectivity index is 1.80. The van der Waals surface area contributed by atoms with Crippen LogP contribution in [0.15, 0.2) is 65.0 Å². The molecular weight excluding hydrogens is 298 g/mol. The SMILES string of the molecule is O=[N+]([O-])c1cccc(C=Nc2nc(-c3ccccc3)cs2)c1. The van der Waals surface area contributed by atoms with Crippen molar-refractivity contribution in [2.45, 2.75) is 0 Å². The van der Waals surface area contributed by atoms with Gasteiger partial charge in [-0.3, -0.25) is 10.1 Å². The van der Waals surface area contributed by atoms with Crippen molar-refractivity contribution in [1.29, 1.82) is 0 Å². The Labute approximate surface area is 130 Å². The van der Waals surface area contributed by atoms with Crippen LogP contribution in [0, 0.1) is 10.1 Å². The second-order valence-corrected chi connectivity index (χ2v) is 5.33. The minimum Gasteiger partial charge on any atom is -0.258 e. The quantitative estimate of drug-likeness (QED) is 0.405. The van der Waals surface area contributed by atoms with Gasteiger partial charge in [-0.25, -0.2) is 9.98 Å². The van der Waals surface area contributed by atoms with E-state index in [-0.39, 0.29) is 5.69 Å². The van der Waals surface area contributed by atoms with Gasteiger partial charge in [-0.2, -0.15) is 0 Å². The van der Waals surface area contributed by atoms with E-state index in [4.69, 9.17) is 0 Å². The fraction of sp³-hybridized carbons (Fsp3) is 0. The molecule has 108 valence electrons. The summed E-state index contributed by atoms with van der Waals surface area (Å²) in [4.78, 5) is 19.0. The zero-order valence-corrected chi connectivity index (χ0v) is 12.2. The number of nitrogens with zero attached hydrogens (tertiary/aromatic N) is 3. The van der Waals surface area contributed by atoms with Gasteiger partial charge in [-0.05, 0) is 5.56 Å². The van der Waals surface area contributed by atoms with E-state index in [0.717, 1.165) is 11.3 Å². The van der Waals surface area contributed by atoms with Crippen molar-refractivity contribution in [1.82, 2.24) is 4.98 Å². The molecule has 0 radical (unpaired) electrons. The van der Waals surface area contributed by atoms with E-state index in [2.05, 4.69) is 9.98 Å². The van der Waals surface area contributed by atoms with Crippen molar-refractivity contribution in [3.05, 3.63) is 75.7 Å². The molecule has 1 aromatic heterocycles. The maximum Gasteiger partial charge on any atom is 0.270 e. The number of benzene rings is 2. The van der Waals surface area contributed by atoms with Gasteiger partial charge in [0.05, 0.1) is 10.6 Å². The lowest BCUT2D eigenvalue weighted by molar-refractivity contribution is -0.384. The second kappa shape index (κ2) is 6.28. The van der Waals surface area contributed by atoms with Crippen LogP contribution in [0.3, 0.4) is 0 Å². The van der Waals surface area contributed by atoms with Crippen LogP contribution in [0.1, 0.15) is 5.56 Å². The van der Waals surface area contributed by atoms with Gasteiger partial charge in [0.1, 0.15) is 0 Å². The Hall–Kier alpha value is -2.86. The third-order valence-corrected chi connectivity index (χ3v) is 3.72. The molecular formula is C16H11N3O2S. The van der Waals surface area contributed by atoms with Gasteiger partial charge in [0.2, 0.25) is 5.13 Å². The van der Waals surface area contributed by atoms with E-state index in [1.165, 1.54) is 23.5 Å². The van der Waals surface area contributed by atoms with Crippen molar-refractivity contribution in [3.63, 3.8) is 0 Å². The maximum absolute atomic E-state index is 10.7. The molecule has 0 aliphatic carbocycles. The first-order chi connectivity index (χ1) is 10.7. The molecule has 0 saturated heterocycles. The number of hydrogen-bond acceptors (Lipinski definition) is 5. The normalized spacial score (nSPS) is 10.9. The van der Waals surface area contributed by atoms with Crippen LogP contribution in [0.2, 0.25) is 0 Å². The summed E-state index contributed by atoms with van der Waals surface area (Å²) in [7, 11) is 0. The number of nitro groups is 1. The number of nitro benzene ring substituents is 1. The molecule has 0 saturated carbocycles. The van der Waals surface area contributed by atoms with Gasteiger partial charge >= 0.3 is 0 Å². The molecule has 0 aliphatic rings. The first-order valence-electron chi connectivity index (χ1n) is 6.52. The third-order valence-electron chi connectivity index (χ3n) is 2.97. The third kappa shape index (κ3) is 3.24. The summed E-state index contributed by atoms with van der Waals surface area (Å²) in [6.07, 6.45) is 1.58. The van der Waals surface area contributed by atoms with Crippen LogP contribution >= 0.6 is 11.3 Å². The van der Waals surface area contributed by atoms with Gasteiger partial charge in [0.25, 0.3) is 5.69 Å². The Bertz CT molecular complexity index is 828. The van der Waals surface area contributed by atoms with Crippen LogP contribution in [0.25, 0.3) is 11.3 Å². The van der Waals surface area contributed by atoms with E-state index in [0.29, 0.717) is 10.7 Å². The van der Waals surface area contributed by atoms with Crippen molar-refractivity contribution in [2.24, 2.45) is 4.99 Å². The highest BCUT2D eigenvalue weighted by molar-refractivity contribution is 7.13. The lowest BCUT2D eigenvalue weighted by atomic mass is 10.2. The summed E-state index contributed by atoms with van der Waals surface area (Å²) in [5.41, 5.74) is 2.63. The maximum atomic E-state index is 10.7. The number of aromatic nitrogens is 1. The van der Waals surface area contributed by atoms with Gasteiger partial charge in [0.15, 0.2) is 0 Å². The summed E-state index contributed by atoms with van der Waals surface area (Å²) in [5.74, 6) is 0. The van der Waals surface area contributed by atoms with Crippen molar-refractivity contribution >= 4 is 28.4 Å². The number of non-ortho nitro benzene ring substituents is 1. The highest BCUT2D eigenvalue weighted by Crippen LogP contribution is 2.26. The van der Waals surface area contributed by atoms with E-state index in [1.54, 1.807) is 18.3 Å². The molecule has 6 heteroatoms. The molecule has 0 spiro atoms. The Morgan fingerprint density at radius 3 is 2.73 bits per heavy atom. The van der Waals surface area contributed by atoms with Crippen molar-refractivity contribution in [3.8, 4) is 11.3 Å². The van der Waals surface area contributed by atoms with E-state index in [9.17, 15) is 10.1 Å². The van der Waals surface area contributed by atoms with Crippen LogP contribution < -0.4 is 0 Å². The molecule has 0 amide bonds. The van der Waals surface area contributed by atoms with Gasteiger partial charge < -0.3 is 0 Å². The van der Waals surface area contributed by atoms with Crippen LogP contribution in [0.4, 0.5) is 10.8 Å². The molecule has 22 heavy (non-hydrogen) atoms. The first-order valence-corrected chi connectivity index (χ1v) is 7.40. The molecule has 0 N–H and O–H groups in total. The summed E-state index contributed by atoms with van der Waals surface area (Å²) < 4.78 is 0. The monoisotopic (exact) mass is 309 g/mol. The lowest BCUT2D eigenvalue weighted by Gasteiger charge is -1.94. The van der Waals surface area contributed by atoms with Gasteiger partial charge in [-0.15, -0.1) is 11.3 Å². The second-order valence-electron chi connectivity index (χ2n) is 4.49. The standard InChI is InChI=1S/C16H11N3O2S/c20-19(21)14-8-4-5-12(9-14)10-17-16-18-15(11-22-16)13-6-2-1-3-7-13/h1-11H. The molecule has 0 aliphatic heterocycles. The molecule has 3 aromatic rings. The number of rotatable bonds is 4. The predicted octanol–water partition coefficient (Wildman–Crippen LogP) is 4.47. The van der Waals surface area contributed by atoms with Crippen LogP contribution in [-0.4, -0.2) is 16.1 Å². The zero-order valence-electron chi connectivity index (χ0n) is 11.4. The van der Waals surface area contributed by atoms with Crippen LogP contribution in [0.5, 0.6) is 0 Å². The summed E-state index contributed by atoms with van der Waals surface area (Å²) in [5, 5.41) is 13.3. The minimum absolute atomic E-state index is 0.0491. The largest absolute Gasteiger partial charge is 0.270 e. The average molecular weight is 309 g/mol. The van der Waals surface area contributed by atoms with E-state index in [1.807, 2.05) is 35.7 Å². The predicted molar refractivity (Wildman–Crippen MR) is 87.9 cm³/mol. The van der Waals surface area contributed by atoms with Crippen LogP contribution in [-0.2, 0) is 0 Å². The average Bonchev–Trinajstić information content (AvgIpc) is 3.03. The van der Waals surface area contributed by atoms with Gasteiger partial charge in [-0.1, -0.05) is 42.5 Å². The highest BCUT2D eigenvalue weighted by atomic mass is 32.1. The molecule has 0 fully saturated rings. The fourth-order valence-corrected chi connectivity index (χ4v) is 2.58. The summed E-state index contributed by atoms with van der Waals surface area (Å²) in [6.45, 7) is 0. The summed E-state index contributed by atoms with van der Waals surface area (Å²) in [6, 6.07) is 16.2. The Morgan fingerprint density at radius 1 is 1.14 bits per heavy atom. The van der Waals surface area contributed by atoms with Crippen molar-refractivity contribution in [2.75, 3.05) is 0 Å². The molecule has 5 nitrogen and oxygen atoms in total. The Kier molecular flexibility index (Phi) is 4.02. The van der Waals surface area contributed by atoms with E-state index < -0.39 is 4.92 Å². The number of thiazole rings is 1. The fourth-order valence-electron chi connectivity index (χ4n) is 1.91. The molecule has 0 unspecified atom stereocenters. The molecule has 0 atom stereocenters. The molecule has 3 rings (SSSR count). The molecule has 0 bridgehead atoms. The smallest absolute Gasteiger partial charge is 0.258 e. The molecule has 1 heterocycles. The Morgan fingerprint density at radius 2 is 1.95 bits per heavy atom. The number of hydrogen-bond donors (Lipinski definition) is 0.